The lowest BCUT2D eigenvalue weighted by Crippen LogP contribution is -2.22. The van der Waals surface area contributed by atoms with E-state index < -0.39 is 0 Å². The van der Waals surface area contributed by atoms with Gasteiger partial charge >= 0.3 is 0 Å². The summed E-state index contributed by atoms with van der Waals surface area (Å²) in [6, 6.07) is 3.82. The van der Waals surface area contributed by atoms with Gasteiger partial charge in [0.2, 0.25) is 5.91 Å². The number of nitrogens with two attached hydrogens (primary N) is 1. The molecule has 4 heteroatoms. The summed E-state index contributed by atoms with van der Waals surface area (Å²) in [6.45, 7) is 7.53. The fourth-order valence-corrected chi connectivity index (χ4v) is 2.10. The SMILES string of the molecule is Cc1ccc(NC(=O)C(C)CCCC(C)N)c(C)c1O. The zero-order valence-electron chi connectivity index (χ0n) is 12.9. The van der Waals surface area contributed by atoms with Crippen LogP contribution in [-0.2, 0) is 4.79 Å². The number of phenolic OH excluding ortho intramolecular Hbond substituents is 1. The molecule has 2 unspecified atom stereocenters. The molecule has 4 N–H and O–H groups in total. The molecule has 0 aliphatic rings. The largest absolute Gasteiger partial charge is 0.507 e. The van der Waals surface area contributed by atoms with Crippen LogP contribution in [0.4, 0.5) is 5.69 Å². The second kappa shape index (κ2) is 7.29. The maximum absolute atomic E-state index is 12.1. The van der Waals surface area contributed by atoms with Crippen molar-refractivity contribution in [1.82, 2.24) is 0 Å². The smallest absolute Gasteiger partial charge is 0.227 e. The van der Waals surface area contributed by atoms with E-state index in [1.54, 1.807) is 13.0 Å². The number of anilines is 1. The molecule has 0 spiro atoms. The first-order valence-electron chi connectivity index (χ1n) is 7.18. The van der Waals surface area contributed by atoms with Crippen molar-refractivity contribution in [2.75, 3.05) is 5.32 Å². The van der Waals surface area contributed by atoms with E-state index in [9.17, 15) is 9.90 Å². The number of carbonyl (C=O) groups excluding carboxylic acids is 1. The Hall–Kier alpha value is -1.55. The Labute approximate surface area is 121 Å². The molecule has 1 aromatic rings. The third kappa shape index (κ3) is 4.53. The third-order valence-corrected chi connectivity index (χ3v) is 3.63. The second-order valence-corrected chi connectivity index (χ2v) is 5.70. The highest BCUT2D eigenvalue weighted by Gasteiger charge is 2.15. The topological polar surface area (TPSA) is 75.4 Å². The molecule has 1 rings (SSSR count). The number of rotatable bonds is 6. The Bertz CT molecular complexity index is 470. The van der Waals surface area contributed by atoms with E-state index in [0.29, 0.717) is 11.3 Å². The number of hydrogen-bond acceptors (Lipinski definition) is 3. The zero-order chi connectivity index (χ0) is 15.3. The van der Waals surface area contributed by atoms with E-state index in [2.05, 4.69) is 5.32 Å². The number of aromatic hydroxyl groups is 1. The summed E-state index contributed by atoms with van der Waals surface area (Å²) >= 11 is 0. The molecule has 0 saturated heterocycles. The summed E-state index contributed by atoms with van der Waals surface area (Å²) in [6.07, 6.45) is 2.70. The molecular formula is C16H26N2O2. The minimum Gasteiger partial charge on any atom is -0.507 e. The normalized spacial score (nSPS) is 13.8. The molecule has 0 bridgehead atoms. The van der Waals surface area contributed by atoms with E-state index in [1.807, 2.05) is 26.8 Å². The highest BCUT2D eigenvalue weighted by molar-refractivity contribution is 5.93. The van der Waals surface area contributed by atoms with Gasteiger partial charge in [0, 0.05) is 23.2 Å². The summed E-state index contributed by atoms with van der Waals surface area (Å²) in [4.78, 5) is 12.1. The molecule has 0 saturated carbocycles. The van der Waals surface area contributed by atoms with Crippen LogP contribution in [0.3, 0.4) is 0 Å². The fraction of sp³-hybridized carbons (Fsp3) is 0.562. The van der Waals surface area contributed by atoms with Crippen molar-refractivity contribution in [3.63, 3.8) is 0 Å². The Morgan fingerprint density at radius 2 is 1.95 bits per heavy atom. The standard InChI is InChI=1S/C16H26N2O2/c1-10-8-9-14(13(4)15(10)19)18-16(20)11(2)6-5-7-12(3)17/h8-9,11-12,19H,5-7,17H2,1-4H3,(H,18,20). The van der Waals surface area contributed by atoms with Gasteiger partial charge in [-0.1, -0.05) is 19.4 Å². The van der Waals surface area contributed by atoms with Crippen molar-refractivity contribution < 1.29 is 9.90 Å². The van der Waals surface area contributed by atoms with Crippen LogP contribution < -0.4 is 11.1 Å². The molecule has 0 aliphatic carbocycles. The van der Waals surface area contributed by atoms with Gasteiger partial charge in [0.1, 0.15) is 5.75 Å². The van der Waals surface area contributed by atoms with E-state index in [4.69, 9.17) is 5.73 Å². The highest BCUT2D eigenvalue weighted by atomic mass is 16.3. The number of hydrogen-bond donors (Lipinski definition) is 3. The summed E-state index contributed by atoms with van der Waals surface area (Å²) in [5.41, 5.74) is 7.90. The Balaban J connectivity index is 2.60. The Morgan fingerprint density at radius 1 is 1.30 bits per heavy atom. The van der Waals surface area contributed by atoms with Crippen LogP contribution in [0.1, 0.15) is 44.2 Å². The second-order valence-electron chi connectivity index (χ2n) is 5.70. The zero-order valence-corrected chi connectivity index (χ0v) is 12.9. The van der Waals surface area contributed by atoms with Crippen molar-refractivity contribution in [3.8, 4) is 5.75 Å². The van der Waals surface area contributed by atoms with Gasteiger partial charge in [0.25, 0.3) is 0 Å². The Morgan fingerprint density at radius 3 is 2.55 bits per heavy atom. The maximum Gasteiger partial charge on any atom is 0.227 e. The van der Waals surface area contributed by atoms with E-state index in [1.165, 1.54) is 0 Å². The third-order valence-electron chi connectivity index (χ3n) is 3.63. The quantitative estimate of drug-likeness (QED) is 0.748. The molecule has 0 aromatic heterocycles. The van der Waals surface area contributed by atoms with Crippen LogP contribution in [0, 0.1) is 19.8 Å². The molecule has 1 aromatic carbocycles. The molecule has 0 aliphatic heterocycles. The molecular weight excluding hydrogens is 252 g/mol. The van der Waals surface area contributed by atoms with Gasteiger partial charge in [-0.25, -0.2) is 0 Å². The minimum atomic E-state index is -0.0587. The minimum absolute atomic E-state index is 0.0129. The van der Waals surface area contributed by atoms with E-state index in [-0.39, 0.29) is 23.6 Å². The van der Waals surface area contributed by atoms with Crippen LogP contribution in [0.5, 0.6) is 5.75 Å². The molecule has 1 amide bonds. The lowest BCUT2D eigenvalue weighted by atomic mass is 10.0. The van der Waals surface area contributed by atoms with Gasteiger partial charge in [-0.15, -0.1) is 0 Å². The molecule has 112 valence electrons. The molecule has 0 fully saturated rings. The summed E-state index contributed by atoms with van der Waals surface area (Å²) in [5, 5.41) is 12.8. The van der Waals surface area contributed by atoms with Gasteiger partial charge < -0.3 is 16.2 Å². The van der Waals surface area contributed by atoms with Crippen LogP contribution in [-0.4, -0.2) is 17.1 Å². The number of phenols is 1. The maximum atomic E-state index is 12.1. The first-order chi connectivity index (χ1) is 9.32. The van der Waals surface area contributed by atoms with Gasteiger partial charge in [-0.2, -0.15) is 0 Å². The average Bonchev–Trinajstić information content (AvgIpc) is 2.38. The highest BCUT2D eigenvalue weighted by Crippen LogP contribution is 2.28. The monoisotopic (exact) mass is 278 g/mol. The molecule has 4 nitrogen and oxygen atoms in total. The molecule has 2 atom stereocenters. The first kappa shape index (κ1) is 16.5. The number of aryl methyl sites for hydroxylation is 1. The molecule has 0 heterocycles. The number of amides is 1. The van der Waals surface area contributed by atoms with Crippen molar-refractivity contribution >= 4 is 11.6 Å². The van der Waals surface area contributed by atoms with Crippen LogP contribution >= 0.6 is 0 Å². The fourth-order valence-electron chi connectivity index (χ4n) is 2.10. The predicted molar refractivity (Wildman–Crippen MR) is 82.9 cm³/mol. The van der Waals surface area contributed by atoms with Crippen molar-refractivity contribution in [2.45, 2.75) is 53.0 Å². The van der Waals surface area contributed by atoms with E-state index in [0.717, 1.165) is 24.8 Å². The first-order valence-corrected chi connectivity index (χ1v) is 7.18. The van der Waals surface area contributed by atoms with Crippen molar-refractivity contribution in [2.24, 2.45) is 11.7 Å². The summed E-state index contributed by atoms with van der Waals surface area (Å²) < 4.78 is 0. The summed E-state index contributed by atoms with van der Waals surface area (Å²) in [5.74, 6) is 0.171. The van der Waals surface area contributed by atoms with Gasteiger partial charge in [0.15, 0.2) is 0 Å². The lowest BCUT2D eigenvalue weighted by Gasteiger charge is -2.15. The van der Waals surface area contributed by atoms with E-state index >= 15 is 0 Å². The van der Waals surface area contributed by atoms with Gasteiger partial charge in [0.05, 0.1) is 0 Å². The molecule has 0 radical (unpaired) electrons. The van der Waals surface area contributed by atoms with Crippen LogP contribution in [0.15, 0.2) is 12.1 Å². The predicted octanol–water partition coefficient (Wildman–Crippen LogP) is 3.10. The van der Waals surface area contributed by atoms with Crippen molar-refractivity contribution in [1.29, 1.82) is 0 Å². The lowest BCUT2D eigenvalue weighted by molar-refractivity contribution is -0.119. The number of nitrogens with one attached hydrogen (secondary N) is 1. The van der Waals surface area contributed by atoms with Crippen molar-refractivity contribution in [3.05, 3.63) is 23.3 Å². The van der Waals surface area contributed by atoms with Crippen LogP contribution in [0.25, 0.3) is 0 Å². The Kier molecular flexibility index (Phi) is 6.02. The van der Waals surface area contributed by atoms with Gasteiger partial charge in [-0.05, 0) is 45.2 Å². The summed E-state index contributed by atoms with van der Waals surface area (Å²) in [7, 11) is 0. The van der Waals surface area contributed by atoms with Gasteiger partial charge in [-0.3, -0.25) is 4.79 Å². The van der Waals surface area contributed by atoms with Crippen LogP contribution in [0.2, 0.25) is 0 Å². The average molecular weight is 278 g/mol. The number of benzene rings is 1. The number of carbonyl (C=O) groups is 1. The molecule has 20 heavy (non-hydrogen) atoms.